The van der Waals surface area contributed by atoms with Gasteiger partial charge in [0, 0.05) is 18.7 Å². The quantitative estimate of drug-likeness (QED) is 0.362. The van der Waals surface area contributed by atoms with Gasteiger partial charge in [0.15, 0.2) is 5.11 Å². The molecule has 0 aliphatic rings. The van der Waals surface area contributed by atoms with Crippen LogP contribution in [-0.4, -0.2) is 22.1 Å². The van der Waals surface area contributed by atoms with Crippen LogP contribution in [0, 0.1) is 13.8 Å². The molecule has 0 saturated carbocycles. The van der Waals surface area contributed by atoms with Crippen molar-refractivity contribution >= 4 is 28.2 Å². The van der Waals surface area contributed by atoms with E-state index in [1.165, 1.54) is 0 Å². The van der Waals surface area contributed by atoms with Gasteiger partial charge in [0.05, 0.1) is 19.2 Å². The van der Waals surface area contributed by atoms with E-state index in [-0.39, 0.29) is 5.56 Å². The predicted molar refractivity (Wildman–Crippen MR) is 142 cm³/mol. The number of nitrogens with one attached hydrogen (secondary N) is 2. The molecule has 174 valence electrons. The lowest BCUT2D eigenvalue weighted by Crippen LogP contribution is -2.39. The van der Waals surface area contributed by atoms with Crippen molar-refractivity contribution < 1.29 is 4.74 Å². The fourth-order valence-corrected chi connectivity index (χ4v) is 4.29. The molecule has 0 aliphatic heterocycles. The lowest BCUT2D eigenvalue weighted by atomic mass is 10.1. The van der Waals surface area contributed by atoms with Gasteiger partial charge in [-0.2, -0.15) is 0 Å². The van der Waals surface area contributed by atoms with Crippen LogP contribution >= 0.6 is 12.2 Å². The normalized spacial score (nSPS) is 10.8. The van der Waals surface area contributed by atoms with Crippen LogP contribution in [0.25, 0.3) is 10.9 Å². The number of nitrogens with zero attached hydrogens (tertiary/aromatic N) is 1. The molecule has 5 nitrogen and oxygen atoms in total. The zero-order valence-corrected chi connectivity index (χ0v) is 20.5. The highest BCUT2D eigenvalue weighted by Gasteiger charge is 2.15. The Morgan fingerprint density at radius 3 is 2.41 bits per heavy atom. The SMILES string of the molecule is COc1ccc(CN(Cc2cc3cc(C)cc(C)c3[nH]c2=O)C(=S)NCc2ccccc2)cc1. The first kappa shape index (κ1) is 23.5. The van der Waals surface area contributed by atoms with E-state index in [0.29, 0.717) is 30.3 Å². The van der Waals surface area contributed by atoms with Crippen molar-refractivity contribution in [2.24, 2.45) is 0 Å². The highest BCUT2D eigenvalue weighted by Crippen LogP contribution is 2.20. The van der Waals surface area contributed by atoms with Gasteiger partial charge in [0.2, 0.25) is 0 Å². The number of H-pyrrole nitrogens is 1. The Bertz CT molecular complexity index is 1350. The van der Waals surface area contributed by atoms with Crippen LogP contribution in [0.2, 0.25) is 0 Å². The van der Waals surface area contributed by atoms with Crippen molar-refractivity contribution in [3.05, 3.63) is 111 Å². The minimum Gasteiger partial charge on any atom is -0.497 e. The van der Waals surface area contributed by atoms with Crippen LogP contribution in [0.4, 0.5) is 0 Å². The van der Waals surface area contributed by atoms with E-state index < -0.39 is 0 Å². The zero-order chi connectivity index (χ0) is 24.1. The van der Waals surface area contributed by atoms with Gasteiger partial charge >= 0.3 is 0 Å². The molecule has 2 N–H and O–H groups in total. The zero-order valence-electron chi connectivity index (χ0n) is 19.7. The molecule has 6 heteroatoms. The number of hydrogen-bond acceptors (Lipinski definition) is 3. The molecule has 0 unspecified atom stereocenters. The number of hydrogen-bond donors (Lipinski definition) is 2. The maximum Gasteiger partial charge on any atom is 0.253 e. The molecule has 0 saturated heterocycles. The highest BCUT2D eigenvalue weighted by molar-refractivity contribution is 7.80. The maximum atomic E-state index is 13.0. The summed E-state index contributed by atoms with van der Waals surface area (Å²) in [6, 6.07) is 24.2. The van der Waals surface area contributed by atoms with Gasteiger partial charge < -0.3 is 19.9 Å². The first-order valence-electron chi connectivity index (χ1n) is 11.3. The third-order valence-corrected chi connectivity index (χ3v) is 6.24. The van der Waals surface area contributed by atoms with Crippen molar-refractivity contribution in [3.8, 4) is 5.75 Å². The van der Waals surface area contributed by atoms with E-state index in [4.69, 9.17) is 17.0 Å². The van der Waals surface area contributed by atoms with Crippen LogP contribution in [0.1, 0.15) is 27.8 Å². The largest absolute Gasteiger partial charge is 0.497 e. The number of aryl methyl sites for hydroxylation is 2. The Labute approximate surface area is 205 Å². The molecule has 4 rings (SSSR count). The van der Waals surface area contributed by atoms with E-state index in [9.17, 15) is 4.79 Å². The molecule has 4 aromatic rings. The van der Waals surface area contributed by atoms with Crippen molar-refractivity contribution in [1.82, 2.24) is 15.2 Å². The Hall–Kier alpha value is -3.64. The van der Waals surface area contributed by atoms with Crippen molar-refractivity contribution in [2.45, 2.75) is 33.5 Å². The molecule has 1 heterocycles. The topological polar surface area (TPSA) is 57.4 Å². The number of ether oxygens (including phenoxy) is 1. The molecule has 3 aromatic carbocycles. The maximum absolute atomic E-state index is 13.0. The summed E-state index contributed by atoms with van der Waals surface area (Å²) in [5, 5.41) is 4.98. The number of thiocarbonyl (C=S) groups is 1. The minimum atomic E-state index is -0.0926. The second-order valence-electron chi connectivity index (χ2n) is 8.52. The molecule has 0 radical (unpaired) electrons. The van der Waals surface area contributed by atoms with Gasteiger partial charge in [0.25, 0.3) is 5.56 Å². The predicted octanol–water partition coefficient (Wildman–Crippen LogP) is 5.23. The average Bonchev–Trinajstić information content (AvgIpc) is 2.84. The highest BCUT2D eigenvalue weighted by atomic mass is 32.1. The van der Waals surface area contributed by atoms with Crippen LogP contribution in [0.3, 0.4) is 0 Å². The molecule has 34 heavy (non-hydrogen) atoms. The Balaban J connectivity index is 1.61. The second kappa shape index (κ2) is 10.5. The van der Waals surface area contributed by atoms with Crippen molar-refractivity contribution in [3.63, 3.8) is 0 Å². The minimum absolute atomic E-state index is 0.0926. The Morgan fingerprint density at radius 2 is 1.71 bits per heavy atom. The summed E-state index contributed by atoms with van der Waals surface area (Å²) in [6.45, 7) is 5.66. The third kappa shape index (κ3) is 5.64. The van der Waals surface area contributed by atoms with E-state index >= 15 is 0 Å². The molecule has 0 spiro atoms. The summed E-state index contributed by atoms with van der Waals surface area (Å²) < 4.78 is 5.28. The molecule has 0 amide bonds. The number of rotatable bonds is 7. The number of fused-ring (bicyclic) bond motifs is 1. The summed E-state index contributed by atoms with van der Waals surface area (Å²) in [6.07, 6.45) is 0. The lowest BCUT2D eigenvalue weighted by molar-refractivity contribution is 0.395. The summed E-state index contributed by atoms with van der Waals surface area (Å²) in [5.74, 6) is 0.803. The van der Waals surface area contributed by atoms with E-state index in [0.717, 1.165) is 38.9 Å². The van der Waals surface area contributed by atoms with Gasteiger partial charge in [-0.25, -0.2) is 0 Å². The van der Waals surface area contributed by atoms with Crippen LogP contribution in [-0.2, 0) is 19.6 Å². The van der Waals surface area contributed by atoms with Gasteiger partial charge in [-0.3, -0.25) is 4.79 Å². The molecular weight excluding hydrogens is 442 g/mol. The first-order chi connectivity index (χ1) is 16.4. The molecule has 1 aromatic heterocycles. The monoisotopic (exact) mass is 471 g/mol. The number of aromatic nitrogens is 1. The van der Waals surface area contributed by atoms with Gasteiger partial charge in [-0.15, -0.1) is 0 Å². The Kier molecular flexibility index (Phi) is 7.28. The van der Waals surface area contributed by atoms with Gasteiger partial charge in [0.1, 0.15) is 5.75 Å². The van der Waals surface area contributed by atoms with E-state index in [1.807, 2.05) is 60.4 Å². The molecular formula is C28H29N3O2S. The fourth-order valence-electron chi connectivity index (χ4n) is 4.09. The first-order valence-corrected chi connectivity index (χ1v) is 11.7. The van der Waals surface area contributed by atoms with Crippen molar-refractivity contribution in [2.75, 3.05) is 7.11 Å². The van der Waals surface area contributed by atoms with Gasteiger partial charge in [-0.05, 0) is 72.4 Å². The number of benzene rings is 3. The van der Waals surface area contributed by atoms with Crippen LogP contribution < -0.4 is 15.6 Å². The van der Waals surface area contributed by atoms with Gasteiger partial charge in [-0.1, -0.05) is 54.1 Å². The molecule has 0 fully saturated rings. The average molecular weight is 472 g/mol. The number of pyridine rings is 1. The van der Waals surface area contributed by atoms with E-state index in [1.54, 1.807) is 7.11 Å². The third-order valence-electron chi connectivity index (χ3n) is 5.84. The molecule has 0 aliphatic carbocycles. The summed E-state index contributed by atoms with van der Waals surface area (Å²) in [5.41, 5.74) is 5.91. The Morgan fingerprint density at radius 1 is 0.971 bits per heavy atom. The molecule has 0 bridgehead atoms. The standard InChI is InChI=1S/C28H29N3O2S/c1-19-13-20(2)26-23(14-19)15-24(27(32)30-26)18-31(17-22-9-11-25(33-3)12-10-22)28(34)29-16-21-7-5-4-6-8-21/h4-15H,16-18H2,1-3H3,(H,29,34)(H,30,32). The summed E-state index contributed by atoms with van der Waals surface area (Å²) >= 11 is 5.78. The lowest BCUT2D eigenvalue weighted by Gasteiger charge is -2.26. The second-order valence-corrected chi connectivity index (χ2v) is 8.90. The fraction of sp³-hybridized carbons (Fsp3) is 0.214. The number of aromatic amines is 1. The smallest absolute Gasteiger partial charge is 0.253 e. The summed E-state index contributed by atoms with van der Waals surface area (Å²) in [7, 11) is 1.65. The van der Waals surface area contributed by atoms with Crippen LogP contribution in [0.5, 0.6) is 5.75 Å². The van der Waals surface area contributed by atoms with Crippen molar-refractivity contribution in [1.29, 1.82) is 0 Å². The number of methoxy groups -OCH3 is 1. The summed E-state index contributed by atoms with van der Waals surface area (Å²) in [4.78, 5) is 18.1. The molecule has 0 atom stereocenters. The van der Waals surface area contributed by atoms with E-state index in [2.05, 4.69) is 41.5 Å². The van der Waals surface area contributed by atoms with Crippen LogP contribution in [0.15, 0.2) is 77.6 Å².